The molecular formula is C30H39N7. The summed E-state index contributed by atoms with van der Waals surface area (Å²) < 4.78 is 2.29. The topological polar surface area (TPSA) is 84.4 Å². The third-order valence-electron chi connectivity index (χ3n) is 7.06. The van der Waals surface area contributed by atoms with E-state index >= 15 is 0 Å². The molecule has 0 saturated heterocycles. The molecule has 4 rings (SSSR count). The highest BCUT2D eigenvalue weighted by molar-refractivity contribution is 6.23. The number of allylic oxidation sites excluding steroid dienone is 1. The lowest BCUT2D eigenvalue weighted by Crippen LogP contribution is -2.12. The van der Waals surface area contributed by atoms with E-state index in [2.05, 4.69) is 53.2 Å². The van der Waals surface area contributed by atoms with Crippen LogP contribution < -0.4 is 11.1 Å². The van der Waals surface area contributed by atoms with Gasteiger partial charge in [-0.2, -0.15) is 0 Å². The number of aromatic nitrogens is 3. The molecule has 2 bridgehead atoms. The van der Waals surface area contributed by atoms with Crippen LogP contribution >= 0.6 is 0 Å². The Morgan fingerprint density at radius 1 is 1.22 bits per heavy atom. The average Bonchev–Trinajstić information content (AvgIpc) is 3.20. The van der Waals surface area contributed by atoms with Gasteiger partial charge in [0.25, 0.3) is 0 Å². The van der Waals surface area contributed by atoms with Gasteiger partial charge in [0, 0.05) is 67.8 Å². The number of hydrogen-bond acceptors (Lipinski definition) is 6. The summed E-state index contributed by atoms with van der Waals surface area (Å²) in [5.41, 5.74) is 15.5. The number of fused-ring (bicyclic) bond motifs is 5. The second-order valence-electron chi connectivity index (χ2n) is 10.2. The molecule has 3 N–H and O–H groups in total. The van der Waals surface area contributed by atoms with Crippen molar-refractivity contribution in [1.29, 1.82) is 0 Å². The molecule has 194 valence electrons. The molecule has 1 aromatic carbocycles. The minimum atomic E-state index is 0.466. The molecule has 0 spiro atoms. The summed E-state index contributed by atoms with van der Waals surface area (Å²) in [4.78, 5) is 16.4. The normalized spacial score (nSPS) is 19.3. The fraction of sp³-hybridized carbons (Fsp3) is 0.367. The van der Waals surface area contributed by atoms with Crippen LogP contribution in [-0.2, 0) is 6.54 Å². The highest BCUT2D eigenvalue weighted by atomic mass is 15.2. The van der Waals surface area contributed by atoms with Crippen molar-refractivity contribution in [3.63, 3.8) is 0 Å². The zero-order valence-electron chi connectivity index (χ0n) is 22.8. The Balaban J connectivity index is 1.82. The van der Waals surface area contributed by atoms with Gasteiger partial charge >= 0.3 is 0 Å². The van der Waals surface area contributed by atoms with Gasteiger partial charge in [-0.05, 0) is 61.9 Å². The first-order valence-electron chi connectivity index (χ1n) is 12.9. The van der Waals surface area contributed by atoms with Crippen molar-refractivity contribution in [2.45, 2.75) is 46.1 Å². The van der Waals surface area contributed by atoms with E-state index in [0.29, 0.717) is 5.92 Å². The first kappa shape index (κ1) is 26.2. The van der Waals surface area contributed by atoms with Crippen LogP contribution in [0.3, 0.4) is 0 Å². The van der Waals surface area contributed by atoms with Crippen molar-refractivity contribution in [3.05, 3.63) is 72.2 Å². The van der Waals surface area contributed by atoms with Gasteiger partial charge in [0.05, 0.1) is 16.7 Å². The van der Waals surface area contributed by atoms with E-state index < -0.39 is 0 Å². The van der Waals surface area contributed by atoms with Gasteiger partial charge in [0.2, 0.25) is 5.95 Å². The highest BCUT2D eigenvalue weighted by Gasteiger charge is 2.19. The summed E-state index contributed by atoms with van der Waals surface area (Å²) in [6.07, 6.45) is 5.75. The van der Waals surface area contributed by atoms with E-state index in [-0.39, 0.29) is 0 Å². The summed E-state index contributed by atoms with van der Waals surface area (Å²) in [7, 11) is 5.86. The van der Waals surface area contributed by atoms with E-state index in [0.717, 1.165) is 94.4 Å². The summed E-state index contributed by atoms with van der Waals surface area (Å²) in [5.74, 6) is 1.25. The minimum absolute atomic E-state index is 0.466. The predicted octanol–water partition coefficient (Wildman–Crippen LogP) is 5.94. The van der Waals surface area contributed by atoms with Gasteiger partial charge in [-0.15, -0.1) is 0 Å². The molecule has 0 fully saturated rings. The smallest absolute Gasteiger partial charge is 0.208 e. The van der Waals surface area contributed by atoms with Crippen LogP contribution in [0.1, 0.15) is 55.1 Å². The fourth-order valence-corrected chi connectivity index (χ4v) is 4.91. The number of hydrogen-bond donors (Lipinski definition) is 2. The van der Waals surface area contributed by atoms with E-state index in [1.165, 1.54) is 0 Å². The van der Waals surface area contributed by atoms with Crippen molar-refractivity contribution in [2.24, 2.45) is 16.6 Å². The molecule has 0 unspecified atom stereocenters. The zero-order chi connectivity index (χ0) is 26.7. The summed E-state index contributed by atoms with van der Waals surface area (Å²) >= 11 is 0. The van der Waals surface area contributed by atoms with Crippen molar-refractivity contribution >= 4 is 39.7 Å². The van der Waals surface area contributed by atoms with E-state index in [9.17, 15) is 0 Å². The Labute approximate surface area is 220 Å². The molecule has 1 atom stereocenters. The molecule has 7 heteroatoms. The number of rotatable bonds is 2. The Kier molecular flexibility index (Phi) is 7.81. The number of pyridine rings is 1. The summed E-state index contributed by atoms with van der Waals surface area (Å²) in [6.45, 7) is 13.8. The molecule has 1 aliphatic heterocycles. The van der Waals surface area contributed by atoms with Crippen molar-refractivity contribution in [1.82, 2.24) is 19.4 Å². The first-order chi connectivity index (χ1) is 17.7. The number of anilines is 1. The lowest BCUT2D eigenvalue weighted by Gasteiger charge is -2.18. The second kappa shape index (κ2) is 11.0. The maximum atomic E-state index is 6.09. The number of nitrogens with one attached hydrogen (secondary N) is 1. The summed E-state index contributed by atoms with van der Waals surface area (Å²) in [5, 5.41) is 3.52. The molecule has 37 heavy (non-hydrogen) atoms. The number of aliphatic imine (C=N–C) groups is 1. The SMILES string of the molecule is C=C1Nc2nc3ccc(C(=C)N(C)C)cc3n2C[C@H](C)CCCCC(=NC)C(=CN)c2cc1cc(C)n2. The van der Waals surface area contributed by atoms with Gasteiger partial charge in [-0.3, -0.25) is 9.98 Å². The molecule has 7 nitrogen and oxygen atoms in total. The van der Waals surface area contributed by atoms with Gasteiger partial charge in [-0.25, -0.2) is 4.98 Å². The molecule has 0 saturated carbocycles. The van der Waals surface area contributed by atoms with Crippen molar-refractivity contribution in [2.75, 3.05) is 26.5 Å². The maximum absolute atomic E-state index is 6.09. The Morgan fingerprint density at radius 3 is 2.70 bits per heavy atom. The van der Waals surface area contributed by atoms with E-state index in [1.54, 1.807) is 6.20 Å². The molecule has 2 aromatic heterocycles. The monoisotopic (exact) mass is 497 g/mol. The molecule has 0 radical (unpaired) electrons. The van der Waals surface area contributed by atoms with Crippen LogP contribution in [0.4, 0.5) is 5.95 Å². The standard InChI is InChI=1S/C30H39N7/c1-19-10-8-9-11-26(32-5)25(17-31)28-15-24(14-20(2)33-28)21(3)34-30-35-27-13-12-23(22(4)36(6)7)16-29(27)37(30)18-19/h12-17,19H,3-4,8-11,18,31H2,1-2,5-7H3,(H,34,35)/t19-/m1/s1. The minimum Gasteiger partial charge on any atom is -0.404 e. The Morgan fingerprint density at radius 2 is 2.00 bits per heavy atom. The predicted molar refractivity (Wildman–Crippen MR) is 157 cm³/mol. The number of nitrogens with zero attached hydrogens (tertiary/aromatic N) is 5. The van der Waals surface area contributed by atoms with Crippen molar-refractivity contribution < 1.29 is 0 Å². The van der Waals surface area contributed by atoms with Crippen LogP contribution in [0.15, 0.2) is 54.7 Å². The number of imidazole rings is 1. The molecule has 3 heterocycles. The highest BCUT2D eigenvalue weighted by Crippen LogP contribution is 2.30. The van der Waals surface area contributed by atoms with Gasteiger partial charge in [0.15, 0.2) is 0 Å². The van der Waals surface area contributed by atoms with Crippen LogP contribution in [0, 0.1) is 12.8 Å². The first-order valence-corrected chi connectivity index (χ1v) is 12.9. The number of benzene rings is 1. The third-order valence-corrected chi connectivity index (χ3v) is 7.06. The largest absolute Gasteiger partial charge is 0.404 e. The number of aryl methyl sites for hydroxylation is 1. The van der Waals surface area contributed by atoms with Crippen LogP contribution in [0.2, 0.25) is 0 Å². The second-order valence-corrected chi connectivity index (χ2v) is 10.2. The quantitative estimate of drug-likeness (QED) is 0.458. The van der Waals surface area contributed by atoms with Gasteiger partial charge in [0.1, 0.15) is 0 Å². The van der Waals surface area contributed by atoms with Crippen molar-refractivity contribution in [3.8, 4) is 0 Å². The Bertz CT molecular complexity index is 1390. The average molecular weight is 498 g/mol. The lowest BCUT2D eigenvalue weighted by molar-refractivity contribution is 0.441. The van der Waals surface area contributed by atoms with Crippen LogP contribution in [0.25, 0.3) is 28.0 Å². The number of nitrogens with two attached hydrogens (primary N) is 1. The molecule has 0 amide bonds. The van der Waals surface area contributed by atoms with E-state index in [1.807, 2.05) is 45.1 Å². The lowest BCUT2D eigenvalue weighted by atomic mass is 9.97. The van der Waals surface area contributed by atoms with E-state index in [4.69, 9.17) is 15.7 Å². The maximum Gasteiger partial charge on any atom is 0.208 e. The van der Waals surface area contributed by atoms with Gasteiger partial charge in [-0.1, -0.05) is 32.6 Å². The molecule has 0 aliphatic carbocycles. The molecule has 1 aliphatic rings. The fourth-order valence-electron chi connectivity index (χ4n) is 4.91. The third kappa shape index (κ3) is 5.61. The van der Waals surface area contributed by atoms with Crippen LogP contribution in [-0.4, -0.2) is 46.3 Å². The van der Waals surface area contributed by atoms with Crippen LogP contribution in [0.5, 0.6) is 0 Å². The molecule has 3 aromatic rings. The summed E-state index contributed by atoms with van der Waals surface area (Å²) in [6, 6.07) is 10.4. The molecular weight excluding hydrogens is 458 g/mol. The van der Waals surface area contributed by atoms with Gasteiger partial charge < -0.3 is 20.5 Å². The zero-order valence-corrected chi connectivity index (χ0v) is 22.8. The Hall–Kier alpha value is -3.87.